The van der Waals surface area contributed by atoms with Crippen LogP contribution in [0.25, 0.3) is 0 Å². The van der Waals surface area contributed by atoms with Crippen LogP contribution in [0.15, 0.2) is 30.3 Å². The fraction of sp³-hybridized carbons (Fsp3) is 0.333. The van der Waals surface area contributed by atoms with Gasteiger partial charge in [0.05, 0.1) is 7.11 Å². The van der Waals surface area contributed by atoms with Gasteiger partial charge in [-0.3, -0.25) is 0 Å². The number of rotatable bonds is 7. The van der Waals surface area contributed by atoms with Crippen LogP contribution in [-0.2, 0) is 11.3 Å². The fourth-order valence-corrected chi connectivity index (χ4v) is 1.68. The molecule has 112 valence electrons. The van der Waals surface area contributed by atoms with Crippen molar-refractivity contribution in [2.75, 3.05) is 26.1 Å². The molecule has 0 atom stereocenters. The number of hydrogen-bond donors (Lipinski definition) is 1. The summed E-state index contributed by atoms with van der Waals surface area (Å²) in [5.74, 6) is 3.18. The minimum absolute atomic E-state index is 0.352. The second-order valence-corrected chi connectivity index (χ2v) is 4.17. The number of hydrogen-bond acceptors (Lipinski definition) is 6. The molecule has 0 radical (unpaired) electrons. The van der Waals surface area contributed by atoms with Crippen molar-refractivity contribution in [3.05, 3.63) is 36.2 Å². The molecule has 0 aliphatic carbocycles. The van der Waals surface area contributed by atoms with Gasteiger partial charge in [-0.1, -0.05) is 0 Å². The second kappa shape index (κ2) is 7.44. The van der Waals surface area contributed by atoms with Crippen molar-refractivity contribution >= 4 is 5.82 Å². The van der Waals surface area contributed by atoms with E-state index in [2.05, 4.69) is 15.3 Å². The predicted molar refractivity (Wildman–Crippen MR) is 80.0 cm³/mol. The molecule has 0 saturated heterocycles. The number of benzene rings is 1. The first-order chi connectivity index (χ1) is 10.2. The first-order valence-corrected chi connectivity index (χ1v) is 6.70. The molecule has 1 N–H and O–H groups in total. The van der Waals surface area contributed by atoms with E-state index in [9.17, 15) is 0 Å². The summed E-state index contributed by atoms with van der Waals surface area (Å²) < 4.78 is 16.2. The van der Waals surface area contributed by atoms with Gasteiger partial charge in [-0.2, -0.15) is 4.98 Å². The van der Waals surface area contributed by atoms with E-state index in [0.29, 0.717) is 36.5 Å². The average molecular weight is 289 g/mol. The summed E-state index contributed by atoms with van der Waals surface area (Å²) in [5.41, 5.74) is 0. The van der Waals surface area contributed by atoms with Gasteiger partial charge in [-0.25, -0.2) is 4.98 Å². The molecule has 0 spiro atoms. The zero-order valence-electron chi connectivity index (χ0n) is 12.4. The van der Waals surface area contributed by atoms with Crippen LogP contribution in [0.4, 0.5) is 5.82 Å². The monoisotopic (exact) mass is 289 g/mol. The van der Waals surface area contributed by atoms with E-state index >= 15 is 0 Å². The van der Waals surface area contributed by atoms with Crippen molar-refractivity contribution < 1.29 is 14.2 Å². The number of nitrogens with zero attached hydrogens (tertiary/aromatic N) is 2. The minimum Gasteiger partial charge on any atom is -0.497 e. The summed E-state index contributed by atoms with van der Waals surface area (Å²) in [6.45, 7) is 2.89. The highest BCUT2D eigenvalue weighted by molar-refractivity contribution is 5.40. The zero-order chi connectivity index (χ0) is 15.1. The highest BCUT2D eigenvalue weighted by Crippen LogP contribution is 2.24. The third-order valence-electron chi connectivity index (χ3n) is 2.72. The number of methoxy groups -OCH3 is 1. The van der Waals surface area contributed by atoms with Gasteiger partial charge in [0.2, 0.25) is 5.88 Å². The van der Waals surface area contributed by atoms with E-state index in [1.54, 1.807) is 20.2 Å². The van der Waals surface area contributed by atoms with E-state index in [1.165, 1.54) is 0 Å². The molecule has 1 heterocycles. The lowest BCUT2D eigenvalue weighted by atomic mass is 10.3. The summed E-state index contributed by atoms with van der Waals surface area (Å²) in [6, 6.07) is 9.04. The van der Waals surface area contributed by atoms with Crippen LogP contribution in [0, 0.1) is 0 Å². The lowest BCUT2D eigenvalue weighted by molar-refractivity contribution is 0.128. The van der Waals surface area contributed by atoms with Gasteiger partial charge >= 0.3 is 0 Å². The Morgan fingerprint density at radius 3 is 2.43 bits per heavy atom. The predicted octanol–water partition coefficient (Wildman–Crippen LogP) is 2.86. The molecule has 6 nitrogen and oxygen atoms in total. The highest BCUT2D eigenvalue weighted by atomic mass is 16.5. The summed E-state index contributed by atoms with van der Waals surface area (Å²) in [6.07, 6.45) is 0. The van der Waals surface area contributed by atoms with Crippen LogP contribution in [0.2, 0.25) is 0 Å². The van der Waals surface area contributed by atoms with Gasteiger partial charge in [-0.15, -0.1) is 0 Å². The maximum atomic E-state index is 5.74. The molecule has 6 heteroatoms. The maximum absolute atomic E-state index is 5.74. The average Bonchev–Trinajstić information content (AvgIpc) is 2.53. The molecule has 21 heavy (non-hydrogen) atoms. The SMILES string of the molecule is CCOCc1nc(NC)cc(Oc2ccc(OC)cc2)n1. The molecule has 1 aromatic carbocycles. The van der Waals surface area contributed by atoms with Gasteiger partial charge < -0.3 is 19.5 Å². The standard InChI is InChI=1S/C15H19N3O3/c1-4-20-10-14-17-13(16-2)9-15(18-14)21-12-7-5-11(19-3)6-8-12/h5-9H,4,10H2,1-3H3,(H,16,17,18). The van der Waals surface area contributed by atoms with E-state index < -0.39 is 0 Å². The van der Waals surface area contributed by atoms with Gasteiger partial charge in [0.1, 0.15) is 23.9 Å². The van der Waals surface area contributed by atoms with Crippen molar-refractivity contribution in [1.82, 2.24) is 9.97 Å². The van der Waals surface area contributed by atoms with Crippen molar-refractivity contribution in [1.29, 1.82) is 0 Å². The fourth-order valence-electron chi connectivity index (χ4n) is 1.68. The van der Waals surface area contributed by atoms with Gasteiger partial charge in [0, 0.05) is 19.7 Å². The van der Waals surface area contributed by atoms with Gasteiger partial charge in [0.25, 0.3) is 0 Å². The van der Waals surface area contributed by atoms with Crippen LogP contribution < -0.4 is 14.8 Å². The van der Waals surface area contributed by atoms with E-state index in [4.69, 9.17) is 14.2 Å². The molecule has 0 saturated carbocycles. The quantitative estimate of drug-likeness (QED) is 0.845. The normalized spacial score (nSPS) is 10.2. The first kappa shape index (κ1) is 15.1. The summed E-state index contributed by atoms with van der Waals surface area (Å²) in [7, 11) is 3.42. The Morgan fingerprint density at radius 1 is 1.10 bits per heavy atom. The number of nitrogens with one attached hydrogen (secondary N) is 1. The number of aromatic nitrogens is 2. The summed E-state index contributed by atoms with van der Waals surface area (Å²) in [4.78, 5) is 8.64. The molecule has 0 bridgehead atoms. The molecular formula is C15H19N3O3. The zero-order valence-corrected chi connectivity index (χ0v) is 12.4. The van der Waals surface area contributed by atoms with Crippen molar-refractivity contribution in [3.8, 4) is 17.4 Å². The third-order valence-corrected chi connectivity index (χ3v) is 2.72. The van der Waals surface area contributed by atoms with Crippen molar-refractivity contribution in [2.45, 2.75) is 13.5 Å². The molecule has 1 aromatic heterocycles. The number of anilines is 1. The topological polar surface area (TPSA) is 65.5 Å². The van der Waals surface area contributed by atoms with Crippen molar-refractivity contribution in [2.24, 2.45) is 0 Å². The highest BCUT2D eigenvalue weighted by Gasteiger charge is 2.06. The molecule has 0 unspecified atom stereocenters. The summed E-state index contributed by atoms with van der Waals surface area (Å²) in [5, 5.41) is 2.98. The smallest absolute Gasteiger partial charge is 0.224 e. The molecule has 0 fully saturated rings. The third kappa shape index (κ3) is 4.32. The second-order valence-electron chi connectivity index (χ2n) is 4.17. The first-order valence-electron chi connectivity index (χ1n) is 6.70. The lowest BCUT2D eigenvalue weighted by Gasteiger charge is -2.09. The Labute approximate surface area is 124 Å². The van der Waals surface area contributed by atoms with Crippen LogP contribution in [0.3, 0.4) is 0 Å². The molecule has 0 amide bonds. The van der Waals surface area contributed by atoms with Gasteiger partial charge in [-0.05, 0) is 31.2 Å². The Kier molecular flexibility index (Phi) is 5.34. The van der Waals surface area contributed by atoms with Crippen LogP contribution in [0.1, 0.15) is 12.7 Å². The number of ether oxygens (including phenoxy) is 3. The van der Waals surface area contributed by atoms with E-state index in [-0.39, 0.29) is 0 Å². The van der Waals surface area contributed by atoms with E-state index in [1.807, 2.05) is 31.2 Å². The molecule has 2 aromatic rings. The van der Waals surface area contributed by atoms with E-state index in [0.717, 1.165) is 5.75 Å². The molecule has 0 aliphatic heterocycles. The molecule has 2 rings (SSSR count). The molecular weight excluding hydrogens is 270 g/mol. The Morgan fingerprint density at radius 2 is 1.81 bits per heavy atom. The Balaban J connectivity index is 2.16. The lowest BCUT2D eigenvalue weighted by Crippen LogP contribution is -2.04. The van der Waals surface area contributed by atoms with Crippen LogP contribution >= 0.6 is 0 Å². The Hall–Kier alpha value is -2.34. The maximum Gasteiger partial charge on any atom is 0.224 e. The van der Waals surface area contributed by atoms with Gasteiger partial charge in [0.15, 0.2) is 5.82 Å². The minimum atomic E-state index is 0.352. The molecule has 0 aliphatic rings. The van der Waals surface area contributed by atoms with Crippen LogP contribution in [-0.4, -0.2) is 30.7 Å². The van der Waals surface area contributed by atoms with Crippen molar-refractivity contribution in [3.63, 3.8) is 0 Å². The van der Waals surface area contributed by atoms with Crippen LogP contribution in [0.5, 0.6) is 17.4 Å². The summed E-state index contributed by atoms with van der Waals surface area (Å²) >= 11 is 0. The Bertz CT molecular complexity index is 573. The largest absolute Gasteiger partial charge is 0.497 e.